The Hall–Kier alpha value is -0.580. The fourth-order valence-electron chi connectivity index (χ4n) is 1.38. The Kier molecular flexibility index (Phi) is 6.45. The zero-order valence-electron chi connectivity index (χ0n) is 9.50. The van der Waals surface area contributed by atoms with Crippen molar-refractivity contribution in [1.82, 2.24) is 5.32 Å². The molecule has 0 aromatic heterocycles. The lowest BCUT2D eigenvalue weighted by Gasteiger charge is -2.09. The maximum Gasteiger partial charge on any atom is 0.123 e. The summed E-state index contributed by atoms with van der Waals surface area (Å²) < 4.78 is 13.1. The number of hydrogen-bond acceptors (Lipinski definition) is 3. The van der Waals surface area contributed by atoms with Crippen LogP contribution in [0.1, 0.15) is 18.9 Å². The van der Waals surface area contributed by atoms with E-state index in [9.17, 15) is 4.39 Å². The van der Waals surface area contributed by atoms with E-state index in [2.05, 4.69) is 12.2 Å². The van der Waals surface area contributed by atoms with Crippen molar-refractivity contribution in [2.75, 3.05) is 18.9 Å². The molecule has 1 rings (SSSR count). The number of halogens is 1. The molecule has 1 aromatic rings. The minimum Gasteiger partial charge on any atom is -0.396 e. The van der Waals surface area contributed by atoms with Crippen molar-refractivity contribution >= 4 is 11.8 Å². The Morgan fingerprint density at radius 1 is 1.44 bits per heavy atom. The van der Waals surface area contributed by atoms with E-state index in [1.807, 2.05) is 0 Å². The first-order valence-corrected chi connectivity index (χ1v) is 6.49. The van der Waals surface area contributed by atoms with Gasteiger partial charge >= 0.3 is 0 Å². The summed E-state index contributed by atoms with van der Waals surface area (Å²) in [6.45, 7) is 3.85. The van der Waals surface area contributed by atoms with Crippen LogP contribution in [0.4, 0.5) is 4.39 Å². The number of hydrogen-bond donors (Lipinski definition) is 2. The van der Waals surface area contributed by atoms with Gasteiger partial charge in [0.2, 0.25) is 0 Å². The van der Waals surface area contributed by atoms with Crippen molar-refractivity contribution in [1.29, 1.82) is 0 Å². The first-order valence-electron chi connectivity index (χ1n) is 5.50. The molecule has 90 valence electrons. The number of aliphatic hydroxyl groups excluding tert-OH is 1. The van der Waals surface area contributed by atoms with E-state index in [0.717, 1.165) is 23.4 Å². The van der Waals surface area contributed by atoms with Crippen molar-refractivity contribution in [2.24, 2.45) is 0 Å². The highest BCUT2D eigenvalue weighted by Gasteiger charge is 2.04. The average Bonchev–Trinajstić information content (AvgIpc) is 2.28. The van der Waals surface area contributed by atoms with Gasteiger partial charge < -0.3 is 10.4 Å². The van der Waals surface area contributed by atoms with E-state index in [4.69, 9.17) is 5.11 Å². The molecule has 4 heteroatoms. The van der Waals surface area contributed by atoms with Crippen molar-refractivity contribution in [2.45, 2.75) is 24.8 Å². The van der Waals surface area contributed by atoms with E-state index in [1.54, 1.807) is 23.9 Å². The highest BCUT2D eigenvalue weighted by atomic mass is 32.2. The minimum absolute atomic E-state index is 0.143. The maximum absolute atomic E-state index is 13.1. The SMILES string of the molecule is CCCNCc1cc(F)ccc1SCCO. The second-order valence-electron chi connectivity index (χ2n) is 3.50. The molecule has 1 aromatic carbocycles. The zero-order chi connectivity index (χ0) is 11.8. The number of nitrogens with one attached hydrogen (secondary N) is 1. The van der Waals surface area contributed by atoms with E-state index in [0.29, 0.717) is 12.3 Å². The maximum atomic E-state index is 13.1. The van der Waals surface area contributed by atoms with Gasteiger partial charge in [-0.15, -0.1) is 11.8 Å². The average molecular weight is 243 g/mol. The predicted octanol–water partition coefficient (Wildman–Crippen LogP) is 2.41. The van der Waals surface area contributed by atoms with Crippen LogP contribution in [0.3, 0.4) is 0 Å². The van der Waals surface area contributed by atoms with Crippen LogP contribution in [-0.4, -0.2) is 24.0 Å². The topological polar surface area (TPSA) is 32.3 Å². The Balaban J connectivity index is 2.65. The Bertz CT molecular complexity index is 320. The van der Waals surface area contributed by atoms with Crippen LogP contribution >= 0.6 is 11.8 Å². The van der Waals surface area contributed by atoms with Gasteiger partial charge in [-0.2, -0.15) is 0 Å². The van der Waals surface area contributed by atoms with E-state index in [1.165, 1.54) is 6.07 Å². The monoisotopic (exact) mass is 243 g/mol. The van der Waals surface area contributed by atoms with Crippen molar-refractivity contribution < 1.29 is 9.50 Å². The van der Waals surface area contributed by atoms with Gasteiger partial charge in [0, 0.05) is 17.2 Å². The summed E-state index contributed by atoms with van der Waals surface area (Å²) in [5, 5.41) is 12.0. The molecule has 0 unspecified atom stereocenters. The summed E-state index contributed by atoms with van der Waals surface area (Å²) in [5.41, 5.74) is 0.965. The van der Waals surface area contributed by atoms with E-state index in [-0.39, 0.29) is 12.4 Å². The summed E-state index contributed by atoms with van der Waals surface area (Å²) in [5.74, 6) is 0.438. The van der Waals surface area contributed by atoms with Crippen LogP contribution in [0.2, 0.25) is 0 Å². The highest BCUT2D eigenvalue weighted by molar-refractivity contribution is 7.99. The number of thioether (sulfide) groups is 1. The van der Waals surface area contributed by atoms with Gasteiger partial charge in [0.1, 0.15) is 5.82 Å². The van der Waals surface area contributed by atoms with Crippen molar-refractivity contribution in [3.05, 3.63) is 29.6 Å². The van der Waals surface area contributed by atoms with Gasteiger partial charge in [0.05, 0.1) is 6.61 Å². The summed E-state index contributed by atoms with van der Waals surface area (Å²) in [7, 11) is 0. The highest BCUT2D eigenvalue weighted by Crippen LogP contribution is 2.23. The molecule has 0 aliphatic heterocycles. The first-order chi connectivity index (χ1) is 7.77. The summed E-state index contributed by atoms with van der Waals surface area (Å²) in [4.78, 5) is 1.04. The Morgan fingerprint density at radius 3 is 2.94 bits per heavy atom. The fraction of sp³-hybridized carbons (Fsp3) is 0.500. The molecule has 0 radical (unpaired) electrons. The Labute approximate surface area is 100 Å². The first kappa shape index (κ1) is 13.5. The molecule has 0 fully saturated rings. The van der Waals surface area contributed by atoms with Crippen molar-refractivity contribution in [3.8, 4) is 0 Å². The molecule has 0 aliphatic rings. The second-order valence-corrected chi connectivity index (χ2v) is 4.64. The largest absolute Gasteiger partial charge is 0.396 e. The number of rotatable bonds is 7. The number of aliphatic hydroxyl groups is 1. The third-order valence-electron chi connectivity index (χ3n) is 2.11. The third-order valence-corrected chi connectivity index (χ3v) is 3.21. The summed E-state index contributed by atoms with van der Waals surface area (Å²) in [6, 6.07) is 4.80. The second kappa shape index (κ2) is 7.65. The minimum atomic E-state index is -0.207. The standard InChI is InChI=1S/C12H18FNOS/c1-2-5-14-9-10-8-11(13)3-4-12(10)16-7-6-15/h3-4,8,14-15H,2,5-7,9H2,1H3. The molecule has 0 aliphatic carbocycles. The van der Waals surface area contributed by atoms with Crippen LogP contribution < -0.4 is 5.32 Å². The number of benzene rings is 1. The van der Waals surface area contributed by atoms with E-state index >= 15 is 0 Å². The molecule has 0 heterocycles. The van der Waals surface area contributed by atoms with Gasteiger partial charge in [0.15, 0.2) is 0 Å². The molecule has 0 amide bonds. The van der Waals surface area contributed by atoms with Crippen LogP contribution in [0.15, 0.2) is 23.1 Å². The molecule has 0 spiro atoms. The zero-order valence-corrected chi connectivity index (χ0v) is 10.3. The molecule has 0 bridgehead atoms. The van der Waals surface area contributed by atoms with Crippen molar-refractivity contribution in [3.63, 3.8) is 0 Å². The molecular formula is C12H18FNOS. The van der Waals surface area contributed by atoms with Gasteiger partial charge in [0.25, 0.3) is 0 Å². The van der Waals surface area contributed by atoms with Gasteiger partial charge in [-0.05, 0) is 36.7 Å². The smallest absolute Gasteiger partial charge is 0.123 e. The molecule has 0 saturated heterocycles. The quantitative estimate of drug-likeness (QED) is 0.570. The normalized spacial score (nSPS) is 10.7. The molecule has 0 saturated carbocycles. The summed E-state index contributed by atoms with van der Waals surface area (Å²) in [6.07, 6.45) is 1.06. The molecule has 2 nitrogen and oxygen atoms in total. The Morgan fingerprint density at radius 2 is 2.25 bits per heavy atom. The summed E-state index contributed by atoms with van der Waals surface area (Å²) >= 11 is 1.56. The molecule has 2 N–H and O–H groups in total. The third kappa shape index (κ3) is 4.51. The molecule has 0 atom stereocenters. The van der Waals surface area contributed by atoms with Crippen LogP contribution in [0, 0.1) is 5.82 Å². The van der Waals surface area contributed by atoms with Gasteiger partial charge in [-0.1, -0.05) is 6.92 Å². The van der Waals surface area contributed by atoms with Gasteiger partial charge in [-0.3, -0.25) is 0 Å². The van der Waals surface area contributed by atoms with E-state index < -0.39 is 0 Å². The fourth-order valence-corrected chi connectivity index (χ4v) is 2.17. The van der Waals surface area contributed by atoms with Crippen LogP contribution in [-0.2, 0) is 6.54 Å². The molecule has 16 heavy (non-hydrogen) atoms. The van der Waals surface area contributed by atoms with Crippen LogP contribution in [0.25, 0.3) is 0 Å². The van der Waals surface area contributed by atoms with Gasteiger partial charge in [-0.25, -0.2) is 4.39 Å². The lowest BCUT2D eigenvalue weighted by Crippen LogP contribution is -2.14. The lowest BCUT2D eigenvalue weighted by atomic mass is 10.2. The molecular weight excluding hydrogens is 225 g/mol. The predicted molar refractivity (Wildman–Crippen MR) is 66.2 cm³/mol. The van der Waals surface area contributed by atoms with Crippen LogP contribution in [0.5, 0.6) is 0 Å². The lowest BCUT2D eigenvalue weighted by molar-refractivity contribution is 0.322.